The van der Waals surface area contributed by atoms with E-state index >= 15 is 0 Å². The summed E-state index contributed by atoms with van der Waals surface area (Å²) in [7, 11) is 1.94. The minimum Gasteiger partial charge on any atom is -0.338 e. The van der Waals surface area contributed by atoms with Crippen molar-refractivity contribution in [2.75, 3.05) is 6.54 Å². The molecule has 3 rings (SSSR count). The number of carbonyl (C=O) groups excluding carboxylic acids is 1. The van der Waals surface area contributed by atoms with E-state index in [4.69, 9.17) is 0 Å². The Labute approximate surface area is 130 Å². The molecule has 1 aliphatic rings. The molecule has 0 aromatic carbocycles. The van der Waals surface area contributed by atoms with E-state index in [0.29, 0.717) is 18.9 Å². The van der Waals surface area contributed by atoms with E-state index in [1.165, 1.54) is 11.3 Å². The first kappa shape index (κ1) is 14.8. The van der Waals surface area contributed by atoms with Crippen LogP contribution >= 0.6 is 0 Å². The van der Waals surface area contributed by atoms with Crippen LogP contribution in [0.25, 0.3) is 0 Å². The molecular weight excluding hydrogens is 278 g/mol. The second-order valence-corrected chi connectivity index (χ2v) is 6.26. The fourth-order valence-corrected chi connectivity index (χ4v) is 3.33. The third-order valence-corrected chi connectivity index (χ3v) is 4.70. The Morgan fingerprint density at radius 3 is 2.91 bits per heavy atom. The highest BCUT2D eigenvalue weighted by atomic mass is 16.2. The molecule has 0 spiro atoms. The van der Waals surface area contributed by atoms with Crippen molar-refractivity contribution in [2.45, 2.75) is 46.1 Å². The number of carbonyl (C=O) groups is 1. The van der Waals surface area contributed by atoms with E-state index in [9.17, 15) is 4.79 Å². The van der Waals surface area contributed by atoms with Crippen LogP contribution in [0.1, 0.15) is 47.5 Å². The highest BCUT2D eigenvalue weighted by Gasteiger charge is 2.27. The molecule has 2 aromatic rings. The summed E-state index contributed by atoms with van der Waals surface area (Å²) in [5, 5.41) is 11.6. The fourth-order valence-electron chi connectivity index (χ4n) is 3.33. The van der Waals surface area contributed by atoms with Crippen LogP contribution in [-0.2, 0) is 24.8 Å². The lowest BCUT2D eigenvalue weighted by atomic mass is 9.98. The van der Waals surface area contributed by atoms with E-state index < -0.39 is 0 Å². The second-order valence-electron chi connectivity index (χ2n) is 6.26. The summed E-state index contributed by atoms with van der Waals surface area (Å²) in [4.78, 5) is 14.5. The summed E-state index contributed by atoms with van der Waals surface area (Å²) in [6.45, 7) is 7.62. The Kier molecular flexibility index (Phi) is 3.76. The number of hydrogen-bond donors (Lipinski definition) is 1. The van der Waals surface area contributed by atoms with Crippen LogP contribution in [0.5, 0.6) is 0 Å². The molecule has 1 amide bonds. The van der Waals surface area contributed by atoms with E-state index in [2.05, 4.69) is 29.1 Å². The van der Waals surface area contributed by atoms with E-state index in [0.717, 1.165) is 29.9 Å². The molecule has 0 radical (unpaired) electrons. The predicted molar refractivity (Wildman–Crippen MR) is 83.4 cm³/mol. The molecule has 0 saturated carbocycles. The Bertz CT molecular complexity index is 699. The Morgan fingerprint density at radius 1 is 1.45 bits per heavy atom. The first-order valence-electron chi connectivity index (χ1n) is 7.76. The van der Waals surface area contributed by atoms with Crippen LogP contribution in [0, 0.1) is 13.8 Å². The zero-order chi connectivity index (χ0) is 15.9. The van der Waals surface area contributed by atoms with Gasteiger partial charge in [-0.3, -0.25) is 14.6 Å². The number of rotatable bonds is 3. The lowest BCUT2D eigenvalue weighted by Crippen LogP contribution is -2.37. The number of amides is 1. The highest BCUT2D eigenvalue weighted by molar-refractivity contribution is 5.77. The third kappa shape index (κ3) is 2.53. The van der Waals surface area contributed by atoms with E-state index in [1.807, 2.05) is 29.7 Å². The first-order valence-corrected chi connectivity index (χ1v) is 7.76. The quantitative estimate of drug-likeness (QED) is 0.940. The molecule has 1 N–H and O–H groups in total. The zero-order valence-electron chi connectivity index (χ0n) is 13.7. The van der Waals surface area contributed by atoms with Gasteiger partial charge in [0.05, 0.1) is 11.9 Å². The van der Waals surface area contributed by atoms with Crippen molar-refractivity contribution >= 4 is 5.91 Å². The number of nitrogens with zero attached hydrogens (tertiary/aromatic N) is 4. The number of fused-ring (bicyclic) bond motifs is 1. The molecule has 1 unspecified atom stereocenters. The molecule has 22 heavy (non-hydrogen) atoms. The maximum atomic E-state index is 12.5. The molecule has 6 nitrogen and oxygen atoms in total. The van der Waals surface area contributed by atoms with Gasteiger partial charge in [-0.1, -0.05) is 6.92 Å². The number of H-pyrrole nitrogens is 1. The second kappa shape index (κ2) is 5.59. The molecule has 118 valence electrons. The third-order valence-electron chi connectivity index (χ3n) is 4.70. The van der Waals surface area contributed by atoms with Gasteiger partial charge in [-0.15, -0.1) is 0 Å². The van der Waals surface area contributed by atoms with Gasteiger partial charge in [-0.05, 0) is 25.8 Å². The van der Waals surface area contributed by atoms with Crippen LogP contribution in [0.4, 0.5) is 0 Å². The van der Waals surface area contributed by atoms with E-state index in [-0.39, 0.29) is 5.91 Å². The molecule has 0 aliphatic carbocycles. The summed E-state index contributed by atoms with van der Waals surface area (Å²) in [6, 6.07) is 0. The van der Waals surface area contributed by atoms with Gasteiger partial charge in [0.25, 0.3) is 0 Å². The van der Waals surface area contributed by atoms with Crippen molar-refractivity contribution < 1.29 is 4.79 Å². The molecule has 1 aliphatic heterocycles. The first-order chi connectivity index (χ1) is 10.5. The van der Waals surface area contributed by atoms with Crippen LogP contribution in [0.2, 0.25) is 0 Å². The molecule has 0 fully saturated rings. The van der Waals surface area contributed by atoms with Gasteiger partial charge in [-0.25, -0.2) is 0 Å². The smallest absolute Gasteiger partial charge is 0.223 e. The maximum Gasteiger partial charge on any atom is 0.223 e. The predicted octanol–water partition coefficient (Wildman–Crippen LogP) is 1.84. The SMILES string of the molecule is Cc1nn(C)c(C)c1CCC(=O)N1Cc2cn[nH]c2C(C)C1. The van der Waals surface area contributed by atoms with Gasteiger partial charge in [-0.2, -0.15) is 10.2 Å². The number of nitrogens with one attached hydrogen (secondary N) is 1. The summed E-state index contributed by atoms with van der Waals surface area (Å²) in [6.07, 6.45) is 3.13. The van der Waals surface area contributed by atoms with Crippen molar-refractivity contribution in [2.24, 2.45) is 7.05 Å². The normalized spacial score (nSPS) is 17.6. The molecule has 0 bridgehead atoms. The molecule has 2 aromatic heterocycles. The van der Waals surface area contributed by atoms with Crippen molar-refractivity contribution in [3.8, 4) is 0 Å². The average Bonchev–Trinajstić information content (AvgIpc) is 3.03. The van der Waals surface area contributed by atoms with Crippen molar-refractivity contribution in [3.05, 3.63) is 34.4 Å². The van der Waals surface area contributed by atoms with E-state index in [1.54, 1.807) is 0 Å². The van der Waals surface area contributed by atoms with Crippen LogP contribution in [0.3, 0.4) is 0 Å². The number of aromatic amines is 1. The average molecular weight is 301 g/mol. The van der Waals surface area contributed by atoms with Gasteiger partial charge in [0.1, 0.15) is 0 Å². The van der Waals surface area contributed by atoms with Crippen molar-refractivity contribution in [3.63, 3.8) is 0 Å². The van der Waals surface area contributed by atoms with Gasteiger partial charge in [0.2, 0.25) is 5.91 Å². The number of hydrogen-bond acceptors (Lipinski definition) is 3. The molecular formula is C16H23N5O. The minimum atomic E-state index is 0.210. The van der Waals surface area contributed by atoms with Crippen LogP contribution < -0.4 is 0 Å². The maximum absolute atomic E-state index is 12.5. The van der Waals surface area contributed by atoms with Gasteiger partial charge in [0, 0.05) is 49.4 Å². The summed E-state index contributed by atoms with van der Waals surface area (Å²) < 4.78 is 1.88. The Balaban J connectivity index is 1.66. The van der Waals surface area contributed by atoms with Crippen molar-refractivity contribution in [1.29, 1.82) is 0 Å². The van der Waals surface area contributed by atoms with Crippen molar-refractivity contribution in [1.82, 2.24) is 24.9 Å². The fraction of sp³-hybridized carbons (Fsp3) is 0.562. The topological polar surface area (TPSA) is 66.8 Å². The highest BCUT2D eigenvalue weighted by Crippen LogP contribution is 2.26. The summed E-state index contributed by atoms with van der Waals surface area (Å²) in [5.74, 6) is 0.526. The molecule has 1 atom stereocenters. The summed E-state index contributed by atoms with van der Waals surface area (Å²) in [5.41, 5.74) is 5.68. The lowest BCUT2D eigenvalue weighted by Gasteiger charge is -2.30. The lowest BCUT2D eigenvalue weighted by molar-refractivity contribution is -0.132. The van der Waals surface area contributed by atoms with Crippen LogP contribution in [0.15, 0.2) is 6.20 Å². The standard InChI is InChI=1S/C16H23N5O/c1-10-8-21(9-13-7-17-18-16(10)13)15(22)6-5-14-11(2)19-20(4)12(14)3/h7,10H,5-6,8-9H2,1-4H3,(H,17,18). The van der Waals surface area contributed by atoms with Gasteiger partial charge >= 0.3 is 0 Å². The van der Waals surface area contributed by atoms with Crippen LogP contribution in [-0.4, -0.2) is 37.3 Å². The monoisotopic (exact) mass is 301 g/mol. The molecule has 0 saturated heterocycles. The van der Waals surface area contributed by atoms with Gasteiger partial charge in [0.15, 0.2) is 0 Å². The number of aryl methyl sites for hydroxylation is 2. The summed E-state index contributed by atoms with van der Waals surface area (Å²) >= 11 is 0. The van der Waals surface area contributed by atoms with Gasteiger partial charge < -0.3 is 4.90 Å². The minimum absolute atomic E-state index is 0.210. The largest absolute Gasteiger partial charge is 0.338 e. The molecule has 6 heteroatoms. The number of aromatic nitrogens is 4. The molecule has 3 heterocycles. The Morgan fingerprint density at radius 2 is 2.23 bits per heavy atom. The zero-order valence-corrected chi connectivity index (χ0v) is 13.7. The Hall–Kier alpha value is -2.11.